The topological polar surface area (TPSA) is 41.6 Å². The van der Waals surface area contributed by atoms with Gasteiger partial charge >= 0.3 is 0 Å². The fourth-order valence-corrected chi connectivity index (χ4v) is 3.22. The first-order valence-corrected chi connectivity index (χ1v) is 8.98. The standard InChI is InChI=1S/C20H23ClN2O2/c21-18-9-5-4-8-17(18)14-20(24)22-19(16-6-2-1-3-7-16)15-23-10-12-25-13-11-23/h1-9,19H,10-15H2,(H,22,24). The molecule has 4 nitrogen and oxygen atoms in total. The molecule has 3 rings (SSSR count). The van der Waals surface area contributed by atoms with E-state index in [4.69, 9.17) is 16.3 Å². The second-order valence-corrected chi connectivity index (χ2v) is 6.62. The lowest BCUT2D eigenvalue weighted by molar-refractivity contribution is -0.121. The summed E-state index contributed by atoms with van der Waals surface area (Å²) < 4.78 is 5.42. The van der Waals surface area contributed by atoms with E-state index in [1.54, 1.807) is 0 Å². The van der Waals surface area contributed by atoms with Gasteiger partial charge in [0.1, 0.15) is 0 Å². The Morgan fingerprint density at radius 1 is 1.08 bits per heavy atom. The quantitative estimate of drug-likeness (QED) is 0.862. The number of morpholine rings is 1. The zero-order valence-corrected chi connectivity index (χ0v) is 14.9. The molecule has 2 aromatic carbocycles. The van der Waals surface area contributed by atoms with Crippen molar-refractivity contribution in [3.8, 4) is 0 Å². The number of nitrogens with one attached hydrogen (secondary N) is 1. The van der Waals surface area contributed by atoms with Crippen LogP contribution in [0.25, 0.3) is 0 Å². The fraction of sp³-hybridized carbons (Fsp3) is 0.350. The SMILES string of the molecule is O=C(Cc1ccccc1Cl)NC(CN1CCOCC1)c1ccccc1. The van der Waals surface area contributed by atoms with Crippen LogP contribution in [0.3, 0.4) is 0 Å². The Morgan fingerprint density at radius 3 is 2.48 bits per heavy atom. The monoisotopic (exact) mass is 358 g/mol. The lowest BCUT2D eigenvalue weighted by Gasteiger charge is -2.31. The van der Waals surface area contributed by atoms with Crippen molar-refractivity contribution in [3.05, 3.63) is 70.7 Å². The van der Waals surface area contributed by atoms with Crippen molar-refractivity contribution in [1.82, 2.24) is 10.2 Å². The smallest absolute Gasteiger partial charge is 0.225 e. The average Bonchev–Trinajstić information content (AvgIpc) is 2.65. The Balaban J connectivity index is 1.68. The summed E-state index contributed by atoms with van der Waals surface area (Å²) in [7, 11) is 0. The predicted octanol–water partition coefficient (Wildman–Crippen LogP) is 3.07. The van der Waals surface area contributed by atoms with E-state index in [1.165, 1.54) is 0 Å². The van der Waals surface area contributed by atoms with Crippen LogP contribution in [0.1, 0.15) is 17.2 Å². The molecule has 1 N–H and O–H groups in total. The summed E-state index contributed by atoms with van der Waals surface area (Å²) in [5, 5.41) is 3.80. The van der Waals surface area contributed by atoms with Crippen LogP contribution in [0.15, 0.2) is 54.6 Å². The molecule has 1 unspecified atom stereocenters. The van der Waals surface area contributed by atoms with E-state index in [0.29, 0.717) is 5.02 Å². The van der Waals surface area contributed by atoms with E-state index in [9.17, 15) is 4.79 Å². The minimum atomic E-state index is -0.0470. The number of benzene rings is 2. The van der Waals surface area contributed by atoms with Gasteiger partial charge in [-0.25, -0.2) is 0 Å². The Labute approximate surface area is 153 Å². The third kappa shape index (κ3) is 5.30. The molecule has 0 spiro atoms. The molecule has 0 radical (unpaired) electrons. The van der Waals surface area contributed by atoms with E-state index in [1.807, 2.05) is 42.5 Å². The zero-order valence-electron chi connectivity index (χ0n) is 14.2. The van der Waals surface area contributed by atoms with Gasteiger partial charge < -0.3 is 10.1 Å². The highest BCUT2D eigenvalue weighted by molar-refractivity contribution is 6.31. The van der Waals surface area contributed by atoms with E-state index in [0.717, 1.165) is 44.0 Å². The van der Waals surface area contributed by atoms with E-state index in [2.05, 4.69) is 22.3 Å². The van der Waals surface area contributed by atoms with E-state index >= 15 is 0 Å². The highest BCUT2D eigenvalue weighted by atomic mass is 35.5. The third-order valence-electron chi connectivity index (χ3n) is 4.39. The van der Waals surface area contributed by atoms with Gasteiger partial charge in [0.2, 0.25) is 5.91 Å². The molecule has 5 heteroatoms. The van der Waals surface area contributed by atoms with Crippen molar-refractivity contribution >= 4 is 17.5 Å². The minimum Gasteiger partial charge on any atom is -0.379 e. The molecular formula is C20H23ClN2O2. The molecule has 1 amide bonds. The maximum Gasteiger partial charge on any atom is 0.225 e. The van der Waals surface area contributed by atoms with Crippen LogP contribution in [0.4, 0.5) is 0 Å². The number of hydrogen-bond acceptors (Lipinski definition) is 3. The first-order chi connectivity index (χ1) is 12.2. The summed E-state index contributed by atoms with van der Waals surface area (Å²) in [6.45, 7) is 4.05. The van der Waals surface area contributed by atoms with Gasteiger partial charge in [0.05, 0.1) is 25.7 Å². The number of carbonyl (C=O) groups is 1. The van der Waals surface area contributed by atoms with Crippen molar-refractivity contribution in [3.63, 3.8) is 0 Å². The van der Waals surface area contributed by atoms with Crippen LogP contribution in [0, 0.1) is 0 Å². The van der Waals surface area contributed by atoms with Crippen LogP contribution < -0.4 is 5.32 Å². The van der Waals surface area contributed by atoms with Gasteiger partial charge in [-0.1, -0.05) is 60.1 Å². The van der Waals surface area contributed by atoms with Crippen molar-refractivity contribution in [2.45, 2.75) is 12.5 Å². The number of carbonyl (C=O) groups excluding carboxylic acids is 1. The molecule has 0 saturated carbocycles. The van der Waals surface area contributed by atoms with Gasteiger partial charge in [0.25, 0.3) is 0 Å². The van der Waals surface area contributed by atoms with Gasteiger partial charge in [0, 0.05) is 24.7 Å². The van der Waals surface area contributed by atoms with Crippen molar-refractivity contribution in [2.24, 2.45) is 0 Å². The van der Waals surface area contributed by atoms with Crippen LogP contribution >= 0.6 is 11.6 Å². The molecule has 1 aliphatic heterocycles. The molecule has 0 bridgehead atoms. The van der Waals surface area contributed by atoms with Gasteiger partial charge in [-0.2, -0.15) is 0 Å². The van der Waals surface area contributed by atoms with Crippen LogP contribution in [-0.4, -0.2) is 43.7 Å². The van der Waals surface area contributed by atoms with Crippen LogP contribution in [0.5, 0.6) is 0 Å². The number of nitrogens with zero attached hydrogens (tertiary/aromatic N) is 1. The van der Waals surface area contributed by atoms with Gasteiger partial charge in [-0.05, 0) is 17.2 Å². The maximum atomic E-state index is 12.6. The molecule has 0 aromatic heterocycles. The first kappa shape index (κ1) is 17.9. The van der Waals surface area contributed by atoms with Gasteiger partial charge in [0.15, 0.2) is 0 Å². The third-order valence-corrected chi connectivity index (χ3v) is 4.76. The normalized spacial score (nSPS) is 16.4. The van der Waals surface area contributed by atoms with E-state index in [-0.39, 0.29) is 18.4 Å². The highest BCUT2D eigenvalue weighted by Gasteiger charge is 2.20. The summed E-state index contributed by atoms with van der Waals surface area (Å²) in [5.41, 5.74) is 1.96. The molecule has 25 heavy (non-hydrogen) atoms. The van der Waals surface area contributed by atoms with Crippen LogP contribution in [0.2, 0.25) is 5.02 Å². The van der Waals surface area contributed by atoms with E-state index < -0.39 is 0 Å². The number of ether oxygens (including phenoxy) is 1. The van der Waals surface area contributed by atoms with Crippen molar-refractivity contribution in [2.75, 3.05) is 32.8 Å². The summed E-state index contributed by atoms with van der Waals surface area (Å²) in [4.78, 5) is 14.9. The van der Waals surface area contributed by atoms with Gasteiger partial charge in [-0.15, -0.1) is 0 Å². The number of halogens is 1. The average molecular weight is 359 g/mol. The Hall–Kier alpha value is -1.88. The molecule has 1 aliphatic rings. The highest BCUT2D eigenvalue weighted by Crippen LogP contribution is 2.18. The molecule has 1 saturated heterocycles. The second-order valence-electron chi connectivity index (χ2n) is 6.21. The number of rotatable bonds is 6. The molecule has 2 aromatic rings. The zero-order chi connectivity index (χ0) is 17.5. The molecular weight excluding hydrogens is 336 g/mol. The molecule has 0 aliphatic carbocycles. The molecule has 1 fully saturated rings. The number of amides is 1. The summed E-state index contributed by atoms with van der Waals surface area (Å²) in [6, 6.07) is 17.5. The molecule has 1 atom stereocenters. The molecule has 132 valence electrons. The van der Waals surface area contributed by atoms with Crippen molar-refractivity contribution < 1.29 is 9.53 Å². The Morgan fingerprint density at radius 2 is 1.76 bits per heavy atom. The van der Waals surface area contributed by atoms with Crippen LogP contribution in [-0.2, 0) is 16.0 Å². The number of hydrogen-bond donors (Lipinski definition) is 1. The fourth-order valence-electron chi connectivity index (χ4n) is 3.02. The first-order valence-electron chi connectivity index (χ1n) is 8.60. The summed E-state index contributed by atoms with van der Waals surface area (Å²) in [6.07, 6.45) is 0.284. The molecule has 1 heterocycles. The van der Waals surface area contributed by atoms with Gasteiger partial charge in [-0.3, -0.25) is 9.69 Å². The largest absolute Gasteiger partial charge is 0.379 e. The Kier molecular flexibility index (Phi) is 6.45. The second kappa shape index (κ2) is 8.99. The summed E-state index contributed by atoms with van der Waals surface area (Å²) >= 11 is 6.18. The minimum absolute atomic E-state index is 0.0183. The maximum absolute atomic E-state index is 12.6. The summed E-state index contributed by atoms with van der Waals surface area (Å²) in [5.74, 6) is -0.0183. The lowest BCUT2D eigenvalue weighted by atomic mass is 10.0. The lowest BCUT2D eigenvalue weighted by Crippen LogP contribution is -2.43. The predicted molar refractivity (Wildman–Crippen MR) is 99.7 cm³/mol. The Bertz CT molecular complexity index is 687. The van der Waals surface area contributed by atoms with Crippen molar-refractivity contribution in [1.29, 1.82) is 0 Å².